The zero-order valence-corrected chi connectivity index (χ0v) is 22.9. The van der Waals surface area contributed by atoms with Gasteiger partial charge >= 0.3 is 5.97 Å². The standard InChI is InChI=1S/C30H50O5/c1-18(27(33)16-21(17-31)28(3,4)34)24-9-10-25-23-8-7-20-15-22(35-19(2)32)11-13-29(20,5)26(23)12-14-30(24,25)6/h7,18,21-27,31,33-34H,8-17H2,1-6H3/t18-,21?,22-,23-,24+,25-,26-,27+,29-,30+/m0/s1. The lowest BCUT2D eigenvalue weighted by atomic mass is 9.47. The molecule has 3 N–H and O–H groups in total. The first-order valence-corrected chi connectivity index (χ1v) is 14.2. The molecule has 4 rings (SSSR count). The van der Waals surface area contributed by atoms with Gasteiger partial charge in [-0.2, -0.15) is 0 Å². The van der Waals surface area contributed by atoms with Crippen molar-refractivity contribution in [2.45, 2.75) is 117 Å². The molecule has 4 aliphatic carbocycles. The summed E-state index contributed by atoms with van der Waals surface area (Å²) in [7, 11) is 0. The van der Waals surface area contributed by atoms with Crippen LogP contribution in [0.3, 0.4) is 0 Å². The average molecular weight is 491 g/mol. The number of fused-ring (bicyclic) bond motifs is 5. The van der Waals surface area contributed by atoms with E-state index in [2.05, 4.69) is 26.8 Å². The third-order valence-corrected chi connectivity index (χ3v) is 11.5. The summed E-state index contributed by atoms with van der Waals surface area (Å²) in [6.07, 6.45) is 11.5. The first-order valence-electron chi connectivity index (χ1n) is 14.2. The van der Waals surface area contributed by atoms with Crippen molar-refractivity contribution in [3.05, 3.63) is 11.6 Å². The van der Waals surface area contributed by atoms with Gasteiger partial charge in [0, 0.05) is 25.9 Å². The number of aliphatic hydroxyl groups is 3. The molecule has 0 aromatic heterocycles. The minimum absolute atomic E-state index is 0.0436. The van der Waals surface area contributed by atoms with Gasteiger partial charge in [0.25, 0.3) is 0 Å². The quantitative estimate of drug-likeness (QED) is 0.335. The van der Waals surface area contributed by atoms with E-state index in [0.717, 1.165) is 32.1 Å². The normalized spacial score (nSPS) is 41.6. The van der Waals surface area contributed by atoms with Crippen molar-refractivity contribution >= 4 is 5.97 Å². The van der Waals surface area contributed by atoms with Crippen LogP contribution in [0.1, 0.15) is 99.3 Å². The highest BCUT2D eigenvalue weighted by Crippen LogP contribution is 2.67. The minimum Gasteiger partial charge on any atom is -0.462 e. The largest absolute Gasteiger partial charge is 0.462 e. The summed E-state index contributed by atoms with van der Waals surface area (Å²) in [5.41, 5.74) is 0.998. The van der Waals surface area contributed by atoms with Gasteiger partial charge in [-0.1, -0.05) is 32.4 Å². The number of aliphatic hydroxyl groups excluding tert-OH is 2. The van der Waals surface area contributed by atoms with Crippen LogP contribution in [0.2, 0.25) is 0 Å². The summed E-state index contributed by atoms with van der Waals surface area (Å²) in [6, 6.07) is 0. The molecule has 35 heavy (non-hydrogen) atoms. The summed E-state index contributed by atoms with van der Waals surface area (Å²) in [6.45, 7) is 12.0. The van der Waals surface area contributed by atoms with Gasteiger partial charge in [-0.15, -0.1) is 0 Å². The van der Waals surface area contributed by atoms with Gasteiger partial charge in [0.2, 0.25) is 0 Å². The van der Waals surface area contributed by atoms with E-state index in [1.165, 1.54) is 31.8 Å². The first kappa shape index (κ1) is 27.1. The van der Waals surface area contributed by atoms with Crippen molar-refractivity contribution in [3.63, 3.8) is 0 Å². The number of esters is 1. The van der Waals surface area contributed by atoms with Crippen LogP contribution in [0.5, 0.6) is 0 Å². The number of allylic oxidation sites excluding steroid dienone is 1. The molecule has 0 aliphatic heterocycles. The fourth-order valence-corrected chi connectivity index (χ4v) is 9.23. The Morgan fingerprint density at radius 3 is 2.51 bits per heavy atom. The lowest BCUT2D eigenvalue weighted by Crippen LogP contribution is -2.51. The highest BCUT2D eigenvalue weighted by atomic mass is 16.5. The second-order valence-corrected chi connectivity index (χ2v) is 13.7. The summed E-state index contributed by atoms with van der Waals surface area (Å²) in [4.78, 5) is 11.5. The molecule has 200 valence electrons. The maximum Gasteiger partial charge on any atom is 0.302 e. The van der Waals surface area contributed by atoms with Crippen LogP contribution < -0.4 is 0 Å². The molecule has 0 aromatic rings. The zero-order valence-electron chi connectivity index (χ0n) is 22.9. The van der Waals surface area contributed by atoms with Gasteiger partial charge in [0.15, 0.2) is 0 Å². The number of rotatable bonds is 7. The second-order valence-electron chi connectivity index (χ2n) is 13.7. The number of ether oxygens (including phenoxy) is 1. The third kappa shape index (κ3) is 4.86. The van der Waals surface area contributed by atoms with Gasteiger partial charge < -0.3 is 20.1 Å². The zero-order chi connectivity index (χ0) is 25.8. The van der Waals surface area contributed by atoms with E-state index in [-0.39, 0.29) is 41.3 Å². The fourth-order valence-electron chi connectivity index (χ4n) is 9.23. The van der Waals surface area contributed by atoms with E-state index < -0.39 is 11.7 Å². The van der Waals surface area contributed by atoms with Gasteiger partial charge in [-0.05, 0) is 106 Å². The predicted molar refractivity (Wildman–Crippen MR) is 137 cm³/mol. The van der Waals surface area contributed by atoms with E-state index in [0.29, 0.717) is 30.1 Å². The Labute approximate surface area is 212 Å². The molecule has 0 radical (unpaired) electrons. The SMILES string of the molecule is CC(=O)O[C@H]1CC[C@@]2(C)C(=CC[C@H]3[C@@H]4CC[C@H]([C@H](C)[C@H](O)CC(CO)C(C)(C)O)[C@@]4(C)CC[C@@H]32)C1. The molecule has 5 nitrogen and oxygen atoms in total. The molecule has 4 aliphatic rings. The Bertz CT molecular complexity index is 814. The van der Waals surface area contributed by atoms with Gasteiger partial charge in [0.1, 0.15) is 6.10 Å². The molecule has 0 aromatic carbocycles. The maximum atomic E-state index is 11.5. The van der Waals surface area contributed by atoms with Crippen molar-refractivity contribution in [2.24, 2.45) is 46.3 Å². The minimum atomic E-state index is -0.994. The fraction of sp³-hybridized carbons (Fsp3) is 0.900. The van der Waals surface area contributed by atoms with E-state index >= 15 is 0 Å². The molecule has 3 fully saturated rings. The summed E-state index contributed by atoms with van der Waals surface area (Å²) < 4.78 is 5.59. The molecule has 5 heteroatoms. The van der Waals surface area contributed by atoms with Crippen LogP contribution in [0.15, 0.2) is 11.6 Å². The van der Waals surface area contributed by atoms with Crippen molar-refractivity contribution in [1.29, 1.82) is 0 Å². The number of hydrogen-bond acceptors (Lipinski definition) is 5. The molecule has 0 amide bonds. The molecule has 10 atom stereocenters. The molecular weight excluding hydrogens is 440 g/mol. The van der Waals surface area contributed by atoms with E-state index in [4.69, 9.17) is 4.74 Å². The van der Waals surface area contributed by atoms with Gasteiger partial charge in [-0.25, -0.2) is 0 Å². The molecular formula is C30H50O5. The molecule has 3 saturated carbocycles. The molecule has 0 saturated heterocycles. The molecule has 0 spiro atoms. The van der Waals surface area contributed by atoms with Crippen LogP contribution in [-0.4, -0.2) is 45.7 Å². The monoisotopic (exact) mass is 490 g/mol. The Hall–Kier alpha value is -0.910. The van der Waals surface area contributed by atoms with Crippen molar-refractivity contribution in [3.8, 4) is 0 Å². The summed E-state index contributed by atoms with van der Waals surface area (Å²) >= 11 is 0. The maximum absolute atomic E-state index is 11.5. The Morgan fingerprint density at radius 2 is 1.89 bits per heavy atom. The van der Waals surface area contributed by atoms with Crippen molar-refractivity contribution in [1.82, 2.24) is 0 Å². The highest BCUT2D eigenvalue weighted by Gasteiger charge is 2.59. The van der Waals surface area contributed by atoms with E-state index in [1.54, 1.807) is 13.8 Å². The van der Waals surface area contributed by atoms with E-state index in [1.807, 2.05) is 0 Å². The smallest absolute Gasteiger partial charge is 0.302 e. The van der Waals surface area contributed by atoms with Crippen molar-refractivity contribution < 1.29 is 24.9 Å². The highest BCUT2D eigenvalue weighted by molar-refractivity contribution is 5.66. The van der Waals surface area contributed by atoms with Gasteiger partial charge in [0.05, 0.1) is 11.7 Å². The number of carbonyl (C=O) groups is 1. The number of carbonyl (C=O) groups excluding carboxylic acids is 1. The summed E-state index contributed by atoms with van der Waals surface area (Å²) in [5.74, 6) is 2.23. The van der Waals surface area contributed by atoms with Crippen molar-refractivity contribution in [2.75, 3.05) is 6.61 Å². The lowest BCUT2D eigenvalue weighted by Gasteiger charge is -2.58. The van der Waals surface area contributed by atoms with E-state index in [9.17, 15) is 20.1 Å². The lowest BCUT2D eigenvalue weighted by molar-refractivity contribution is -0.148. The van der Waals surface area contributed by atoms with Gasteiger partial charge in [-0.3, -0.25) is 4.79 Å². The molecule has 0 heterocycles. The summed E-state index contributed by atoms with van der Waals surface area (Å²) in [5, 5.41) is 31.4. The predicted octanol–water partition coefficient (Wildman–Crippen LogP) is 5.26. The average Bonchev–Trinajstić information content (AvgIpc) is 3.13. The second kappa shape index (κ2) is 9.76. The van der Waals surface area contributed by atoms with Crippen LogP contribution >= 0.6 is 0 Å². The first-order chi connectivity index (χ1) is 16.3. The molecule has 1 unspecified atom stereocenters. The Morgan fingerprint density at radius 1 is 1.17 bits per heavy atom. The third-order valence-electron chi connectivity index (χ3n) is 11.5. The number of hydrogen-bond donors (Lipinski definition) is 3. The Balaban J connectivity index is 1.48. The van der Waals surface area contributed by atoms with Crippen LogP contribution in [-0.2, 0) is 9.53 Å². The van der Waals surface area contributed by atoms with Crippen LogP contribution in [0.25, 0.3) is 0 Å². The topological polar surface area (TPSA) is 87.0 Å². The molecule has 0 bridgehead atoms. The van der Waals surface area contributed by atoms with Crippen LogP contribution in [0, 0.1) is 46.3 Å². The van der Waals surface area contributed by atoms with Crippen LogP contribution in [0.4, 0.5) is 0 Å². The Kier molecular flexibility index (Phi) is 7.57.